The highest BCUT2D eigenvalue weighted by Crippen LogP contribution is 2.25. The number of benzene rings is 1. The monoisotopic (exact) mass is 335 g/mol. The Kier molecular flexibility index (Phi) is 3.82. The predicted molar refractivity (Wildman–Crippen MR) is 95.6 cm³/mol. The molecule has 0 aliphatic carbocycles. The summed E-state index contributed by atoms with van der Waals surface area (Å²) in [5.41, 5.74) is 4.30. The fraction of sp³-hybridized carbons (Fsp3) is 0.167. The summed E-state index contributed by atoms with van der Waals surface area (Å²) in [6.45, 7) is 4.05. The first-order valence-corrected chi connectivity index (χ1v) is 8.74. The second-order valence-corrected chi connectivity index (χ2v) is 6.59. The van der Waals surface area contributed by atoms with Crippen LogP contribution in [0.4, 0.5) is 0 Å². The Labute approximate surface area is 144 Å². The van der Waals surface area contributed by atoms with E-state index in [4.69, 9.17) is 4.98 Å². The van der Waals surface area contributed by atoms with E-state index in [0.717, 1.165) is 33.8 Å². The fourth-order valence-electron chi connectivity index (χ4n) is 2.72. The van der Waals surface area contributed by atoms with Crippen molar-refractivity contribution in [3.05, 3.63) is 71.9 Å². The molecule has 0 bridgehead atoms. The average molecular weight is 335 g/mol. The van der Waals surface area contributed by atoms with E-state index in [1.807, 2.05) is 37.4 Å². The van der Waals surface area contributed by atoms with Crippen LogP contribution in [0.1, 0.15) is 17.1 Å². The lowest BCUT2D eigenvalue weighted by Crippen LogP contribution is -1.98. The maximum atomic E-state index is 4.72. The van der Waals surface area contributed by atoms with Gasteiger partial charge in [-0.1, -0.05) is 36.0 Å². The summed E-state index contributed by atoms with van der Waals surface area (Å²) in [5, 5.41) is 9.43. The molecule has 0 saturated carbocycles. The Morgan fingerprint density at radius 1 is 1.00 bits per heavy atom. The minimum atomic E-state index is 0.756. The van der Waals surface area contributed by atoms with Gasteiger partial charge in [0.15, 0.2) is 5.16 Å². The summed E-state index contributed by atoms with van der Waals surface area (Å²) in [5.74, 6) is 1.64. The van der Waals surface area contributed by atoms with E-state index in [1.165, 1.54) is 5.56 Å². The Balaban J connectivity index is 1.61. The number of aromatic nitrogens is 5. The third-order valence-corrected chi connectivity index (χ3v) is 4.85. The molecule has 1 aromatic carbocycles. The van der Waals surface area contributed by atoms with E-state index < -0.39 is 0 Å². The number of nitrogens with zero attached hydrogens (tertiary/aromatic N) is 5. The first-order chi connectivity index (χ1) is 11.7. The first kappa shape index (κ1) is 15.0. The number of pyridine rings is 1. The molecular formula is C18H17N5S. The Morgan fingerprint density at radius 3 is 2.62 bits per heavy atom. The summed E-state index contributed by atoms with van der Waals surface area (Å²) in [7, 11) is 0. The zero-order valence-electron chi connectivity index (χ0n) is 13.5. The van der Waals surface area contributed by atoms with Crippen LogP contribution in [0.5, 0.6) is 0 Å². The molecule has 3 heterocycles. The number of hydrogen-bond acceptors (Lipinski definition) is 4. The van der Waals surface area contributed by atoms with Gasteiger partial charge >= 0.3 is 0 Å². The quantitative estimate of drug-likeness (QED) is 0.532. The van der Waals surface area contributed by atoms with Crippen molar-refractivity contribution in [1.82, 2.24) is 24.1 Å². The van der Waals surface area contributed by atoms with E-state index in [2.05, 4.69) is 50.5 Å². The summed E-state index contributed by atoms with van der Waals surface area (Å²) >= 11 is 1.65. The summed E-state index contributed by atoms with van der Waals surface area (Å²) in [6, 6.07) is 14.3. The molecule has 0 saturated heterocycles. The minimum Gasteiger partial charge on any atom is -0.307 e. The second kappa shape index (κ2) is 6.13. The van der Waals surface area contributed by atoms with Crippen molar-refractivity contribution in [2.75, 3.05) is 0 Å². The molecule has 0 amide bonds. The molecule has 0 fully saturated rings. The van der Waals surface area contributed by atoms with Crippen molar-refractivity contribution in [1.29, 1.82) is 0 Å². The normalized spacial score (nSPS) is 11.2. The van der Waals surface area contributed by atoms with Crippen LogP contribution in [-0.4, -0.2) is 24.1 Å². The predicted octanol–water partition coefficient (Wildman–Crippen LogP) is 3.82. The molecule has 4 rings (SSSR count). The molecule has 0 unspecified atom stereocenters. The van der Waals surface area contributed by atoms with Crippen molar-refractivity contribution in [2.45, 2.75) is 24.8 Å². The van der Waals surface area contributed by atoms with Gasteiger partial charge in [0, 0.05) is 23.8 Å². The van der Waals surface area contributed by atoms with Crippen LogP contribution in [0.15, 0.2) is 60.0 Å². The molecule has 4 aromatic rings. The molecule has 3 aromatic heterocycles. The summed E-state index contributed by atoms with van der Waals surface area (Å²) in [6.07, 6.45) is 4.10. The molecule has 0 atom stereocenters. The van der Waals surface area contributed by atoms with Crippen LogP contribution in [0.3, 0.4) is 0 Å². The maximum Gasteiger partial charge on any atom is 0.196 e. The molecule has 0 radical (unpaired) electrons. The molecule has 120 valence electrons. The van der Waals surface area contributed by atoms with Crippen molar-refractivity contribution in [3.8, 4) is 5.69 Å². The third-order valence-electron chi connectivity index (χ3n) is 3.89. The van der Waals surface area contributed by atoms with Crippen LogP contribution in [0.25, 0.3) is 11.3 Å². The van der Waals surface area contributed by atoms with E-state index in [0.29, 0.717) is 0 Å². The number of imidazole rings is 1. The molecule has 24 heavy (non-hydrogen) atoms. The van der Waals surface area contributed by atoms with Crippen LogP contribution >= 0.6 is 11.8 Å². The van der Waals surface area contributed by atoms with E-state index in [9.17, 15) is 0 Å². The topological polar surface area (TPSA) is 48.0 Å². The Hall–Kier alpha value is -2.60. The number of fused-ring (bicyclic) bond motifs is 1. The minimum absolute atomic E-state index is 0.756. The first-order valence-electron chi connectivity index (χ1n) is 7.76. The highest BCUT2D eigenvalue weighted by molar-refractivity contribution is 7.98. The van der Waals surface area contributed by atoms with Gasteiger partial charge in [-0.2, -0.15) is 0 Å². The van der Waals surface area contributed by atoms with Crippen LogP contribution in [-0.2, 0) is 5.75 Å². The van der Waals surface area contributed by atoms with Crippen LogP contribution in [0.2, 0.25) is 0 Å². The number of aryl methyl sites for hydroxylation is 2. The van der Waals surface area contributed by atoms with Crippen LogP contribution in [0, 0.1) is 13.8 Å². The van der Waals surface area contributed by atoms with Gasteiger partial charge in [0.25, 0.3) is 0 Å². The lowest BCUT2D eigenvalue weighted by molar-refractivity contribution is 0.868. The van der Waals surface area contributed by atoms with Gasteiger partial charge in [0.05, 0.1) is 5.69 Å². The largest absolute Gasteiger partial charge is 0.307 e. The third kappa shape index (κ3) is 2.69. The van der Waals surface area contributed by atoms with E-state index in [1.54, 1.807) is 11.8 Å². The van der Waals surface area contributed by atoms with Crippen molar-refractivity contribution in [2.24, 2.45) is 0 Å². The number of para-hydroxylation sites is 1. The highest BCUT2D eigenvalue weighted by Gasteiger charge is 2.12. The van der Waals surface area contributed by atoms with Gasteiger partial charge in [-0.25, -0.2) is 4.98 Å². The molecule has 0 aliphatic rings. The summed E-state index contributed by atoms with van der Waals surface area (Å²) < 4.78 is 4.14. The standard InChI is InChI=1S/C18H17N5S/c1-13-7-6-10-22-11-15(19-17(13)22)12-24-18-21-20-14(2)23(18)16-8-4-3-5-9-16/h3-11H,12H2,1-2H3. The van der Waals surface area contributed by atoms with Gasteiger partial charge in [-0.3, -0.25) is 4.57 Å². The van der Waals surface area contributed by atoms with Gasteiger partial charge in [0.2, 0.25) is 0 Å². The molecular weight excluding hydrogens is 318 g/mol. The van der Waals surface area contributed by atoms with Gasteiger partial charge < -0.3 is 4.40 Å². The summed E-state index contributed by atoms with van der Waals surface area (Å²) in [4.78, 5) is 4.72. The smallest absolute Gasteiger partial charge is 0.196 e. The lowest BCUT2D eigenvalue weighted by Gasteiger charge is -2.07. The Bertz CT molecular complexity index is 987. The van der Waals surface area contributed by atoms with E-state index in [-0.39, 0.29) is 0 Å². The second-order valence-electron chi connectivity index (χ2n) is 5.64. The number of hydrogen-bond donors (Lipinski definition) is 0. The number of thioether (sulfide) groups is 1. The molecule has 0 aliphatic heterocycles. The molecule has 6 heteroatoms. The van der Waals surface area contributed by atoms with Crippen molar-refractivity contribution < 1.29 is 0 Å². The number of rotatable bonds is 4. The lowest BCUT2D eigenvalue weighted by atomic mass is 10.3. The zero-order valence-corrected chi connectivity index (χ0v) is 14.4. The van der Waals surface area contributed by atoms with Gasteiger partial charge in [-0.15, -0.1) is 10.2 Å². The molecule has 0 spiro atoms. The van der Waals surface area contributed by atoms with Crippen molar-refractivity contribution >= 4 is 17.4 Å². The van der Waals surface area contributed by atoms with Gasteiger partial charge in [0.1, 0.15) is 11.5 Å². The zero-order chi connectivity index (χ0) is 16.5. The molecule has 5 nitrogen and oxygen atoms in total. The fourth-order valence-corrected chi connectivity index (χ4v) is 3.60. The SMILES string of the molecule is Cc1cccn2cc(CSc3nnc(C)n3-c3ccccc3)nc12. The molecule has 0 N–H and O–H groups in total. The van der Waals surface area contributed by atoms with E-state index >= 15 is 0 Å². The van der Waals surface area contributed by atoms with Crippen LogP contribution < -0.4 is 0 Å². The average Bonchev–Trinajstić information content (AvgIpc) is 3.18. The Morgan fingerprint density at radius 2 is 1.83 bits per heavy atom. The van der Waals surface area contributed by atoms with Crippen molar-refractivity contribution in [3.63, 3.8) is 0 Å². The highest BCUT2D eigenvalue weighted by atomic mass is 32.2. The maximum absolute atomic E-state index is 4.72. The van der Waals surface area contributed by atoms with Gasteiger partial charge in [-0.05, 0) is 37.6 Å².